The molecule has 0 saturated heterocycles. The van der Waals surface area contributed by atoms with Gasteiger partial charge in [0.05, 0.1) is 12.2 Å². The van der Waals surface area contributed by atoms with Crippen LogP contribution in [0.25, 0.3) is 0 Å². The summed E-state index contributed by atoms with van der Waals surface area (Å²) in [5.41, 5.74) is 2.07. The summed E-state index contributed by atoms with van der Waals surface area (Å²) >= 11 is 3.28. The monoisotopic (exact) mass is 363 g/mol. The molecular weight excluding hydrogens is 346 g/mol. The van der Waals surface area contributed by atoms with Crippen molar-refractivity contribution in [1.82, 2.24) is 0 Å². The summed E-state index contributed by atoms with van der Waals surface area (Å²) < 4.78 is 6.38. The largest absolute Gasteiger partial charge is 0.494 e. The van der Waals surface area contributed by atoms with Crippen LogP contribution in [0.4, 0.5) is 5.69 Å². The average molecular weight is 364 g/mol. The van der Waals surface area contributed by atoms with Crippen LogP contribution in [-0.4, -0.2) is 24.2 Å². The van der Waals surface area contributed by atoms with Crippen molar-refractivity contribution < 1.29 is 14.6 Å². The van der Waals surface area contributed by atoms with Gasteiger partial charge >= 0.3 is 5.97 Å². The highest BCUT2D eigenvalue weighted by molar-refractivity contribution is 9.10. The summed E-state index contributed by atoms with van der Waals surface area (Å²) in [4.78, 5) is 11.2. The predicted octanol–water partition coefficient (Wildman–Crippen LogP) is 4.34. The molecule has 22 heavy (non-hydrogen) atoms. The molecule has 5 heteroatoms. The first kappa shape index (κ1) is 16.4. The lowest BCUT2D eigenvalue weighted by atomic mass is 10.2. The molecule has 0 atom stereocenters. The number of anilines is 1. The number of hydrogen-bond acceptors (Lipinski definition) is 3. The van der Waals surface area contributed by atoms with E-state index in [0.29, 0.717) is 18.8 Å². The van der Waals surface area contributed by atoms with Crippen LogP contribution >= 0.6 is 15.9 Å². The van der Waals surface area contributed by atoms with E-state index in [2.05, 4.69) is 21.2 Å². The Morgan fingerprint density at radius 3 is 2.64 bits per heavy atom. The molecule has 2 aromatic carbocycles. The van der Waals surface area contributed by atoms with E-state index in [0.717, 1.165) is 16.6 Å². The first-order valence-corrected chi connectivity index (χ1v) is 7.82. The highest BCUT2D eigenvalue weighted by Gasteiger charge is 2.09. The molecule has 0 aliphatic heterocycles. The standard InChI is InChI=1S/C17H18BrNO3/c1-12-3-6-14(7-4-12)22-10-2-9-19-16-8-5-13(18)11-15(16)17(20)21/h3-8,11,19H,2,9-10H2,1H3,(H,20,21). The molecule has 0 radical (unpaired) electrons. The van der Waals surface area contributed by atoms with Crippen molar-refractivity contribution in [2.45, 2.75) is 13.3 Å². The Labute approximate surface area is 138 Å². The summed E-state index contributed by atoms with van der Waals surface area (Å²) in [6.45, 7) is 3.26. The first-order valence-electron chi connectivity index (χ1n) is 7.02. The minimum Gasteiger partial charge on any atom is -0.494 e. The van der Waals surface area contributed by atoms with Gasteiger partial charge in [-0.15, -0.1) is 0 Å². The zero-order valence-corrected chi connectivity index (χ0v) is 13.9. The summed E-state index contributed by atoms with van der Waals surface area (Å²) in [5, 5.41) is 12.3. The quantitative estimate of drug-likeness (QED) is 0.718. The number of aromatic carboxylic acids is 1. The lowest BCUT2D eigenvalue weighted by Crippen LogP contribution is -2.10. The zero-order chi connectivity index (χ0) is 15.9. The van der Waals surface area contributed by atoms with Gasteiger partial charge in [-0.25, -0.2) is 4.79 Å². The molecule has 0 fully saturated rings. The molecule has 4 nitrogen and oxygen atoms in total. The van der Waals surface area contributed by atoms with Gasteiger partial charge in [0, 0.05) is 16.7 Å². The van der Waals surface area contributed by atoms with E-state index in [4.69, 9.17) is 4.74 Å². The number of carbonyl (C=O) groups is 1. The van der Waals surface area contributed by atoms with Crippen LogP contribution in [0, 0.1) is 6.92 Å². The van der Waals surface area contributed by atoms with E-state index in [1.807, 2.05) is 37.3 Å². The normalized spacial score (nSPS) is 10.3. The molecule has 2 N–H and O–H groups in total. The Hall–Kier alpha value is -2.01. The van der Waals surface area contributed by atoms with Crippen LogP contribution in [-0.2, 0) is 0 Å². The third-order valence-electron chi connectivity index (χ3n) is 3.14. The molecule has 0 saturated carbocycles. The van der Waals surface area contributed by atoms with Crippen LogP contribution in [0.15, 0.2) is 46.9 Å². The number of hydrogen-bond donors (Lipinski definition) is 2. The van der Waals surface area contributed by atoms with Gasteiger partial charge in [-0.2, -0.15) is 0 Å². The number of carboxylic acid groups (broad SMARTS) is 1. The summed E-state index contributed by atoms with van der Waals surface area (Å²) in [6, 6.07) is 13.1. The molecule has 0 spiro atoms. The minimum absolute atomic E-state index is 0.258. The van der Waals surface area contributed by atoms with E-state index in [-0.39, 0.29) is 5.56 Å². The maximum atomic E-state index is 11.2. The third-order valence-corrected chi connectivity index (χ3v) is 3.63. The Kier molecular flexibility index (Phi) is 5.83. The molecular formula is C17H18BrNO3. The minimum atomic E-state index is -0.945. The van der Waals surface area contributed by atoms with Gasteiger partial charge in [-0.3, -0.25) is 0 Å². The lowest BCUT2D eigenvalue weighted by Gasteiger charge is -2.11. The zero-order valence-electron chi connectivity index (χ0n) is 12.3. The number of benzene rings is 2. The van der Waals surface area contributed by atoms with Gasteiger partial charge in [0.2, 0.25) is 0 Å². The van der Waals surface area contributed by atoms with Crippen LogP contribution in [0.3, 0.4) is 0 Å². The highest BCUT2D eigenvalue weighted by Crippen LogP contribution is 2.21. The number of halogens is 1. The van der Waals surface area contributed by atoms with Gasteiger partial charge < -0.3 is 15.2 Å². The molecule has 2 rings (SSSR count). The van der Waals surface area contributed by atoms with E-state index in [1.54, 1.807) is 12.1 Å². The van der Waals surface area contributed by atoms with Crippen LogP contribution in [0.1, 0.15) is 22.3 Å². The van der Waals surface area contributed by atoms with Gasteiger partial charge in [-0.1, -0.05) is 33.6 Å². The molecule has 0 aliphatic carbocycles. The van der Waals surface area contributed by atoms with E-state index in [9.17, 15) is 9.90 Å². The maximum absolute atomic E-state index is 11.2. The number of rotatable bonds is 7. The summed E-state index contributed by atoms with van der Waals surface area (Å²) in [5.74, 6) is -0.0971. The van der Waals surface area contributed by atoms with Crippen molar-refractivity contribution in [1.29, 1.82) is 0 Å². The number of ether oxygens (including phenoxy) is 1. The topological polar surface area (TPSA) is 58.6 Å². The van der Waals surface area contributed by atoms with E-state index in [1.165, 1.54) is 5.56 Å². The molecule has 0 amide bonds. The Morgan fingerprint density at radius 2 is 1.95 bits per heavy atom. The van der Waals surface area contributed by atoms with Crippen LogP contribution < -0.4 is 10.1 Å². The molecule has 116 valence electrons. The molecule has 0 aliphatic rings. The van der Waals surface area contributed by atoms with Crippen molar-refractivity contribution in [2.24, 2.45) is 0 Å². The molecule has 0 heterocycles. The number of carboxylic acids is 1. The van der Waals surface area contributed by atoms with Crippen molar-refractivity contribution >= 4 is 27.6 Å². The van der Waals surface area contributed by atoms with Crippen LogP contribution in [0.2, 0.25) is 0 Å². The SMILES string of the molecule is Cc1ccc(OCCCNc2ccc(Br)cc2C(=O)O)cc1. The average Bonchev–Trinajstić information content (AvgIpc) is 2.50. The first-order chi connectivity index (χ1) is 10.6. The van der Waals surface area contributed by atoms with Gasteiger partial charge in [-0.05, 0) is 43.7 Å². The Morgan fingerprint density at radius 1 is 1.23 bits per heavy atom. The summed E-state index contributed by atoms with van der Waals surface area (Å²) in [6.07, 6.45) is 0.781. The fraction of sp³-hybridized carbons (Fsp3) is 0.235. The highest BCUT2D eigenvalue weighted by atomic mass is 79.9. The van der Waals surface area contributed by atoms with Crippen molar-refractivity contribution in [3.8, 4) is 5.75 Å². The second-order valence-electron chi connectivity index (χ2n) is 4.94. The maximum Gasteiger partial charge on any atom is 0.337 e. The third kappa shape index (κ3) is 4.77. The van der Waals surface area contributed by atoms with E-state index < -0.39 is 5.97 Å². The molecule has 2 aromatic rings. The Bertz CT molecular complexity index is 641. The summed E-state index contributed by atoms with van der Waals surface area (Å²) in [7, 11) is 0. The van der Waals surface area contributed by atoms with Crippen molar-refractivity contribution in [3.05, 3.63) is 58.1 Å². The fourth-order valence-electron chi connectivity index (χ4n) is 1.97. The van der Waals surface area contributed by atoms with Crippen molar-refractivity contribution in [3.63, 3.8) is 0 Å². The van der Waals surface area contributed by atoms with Crippen LogP contribution in [0.5, 0.6) is 5.75 Å². The van der Waals surface area contributed by atoms with E-state index >= 15 is 0 Å². The molecule has 0 unspecified atom stereocenters. The predicted molar refractivity (Wildman–Crippen MR) is 90.9 cm³/mol. The van der Waals surface area contributed by atoms with Gasteiger partial charge in [0.1, 0.15) is 5.75 Å². The smallest absolute Gasteiger partial charge is 0.337 e. The fourth-order valence-corrected chi connectivity index (χ4v) is 2.33. The lowest BCUT2D eigenvalue weighted by molar-refractivity contribution is 0.0698. The number of nitrogens with one attached hydrogen (secondary N) is 1. The molecule has 0 bridgehead atoms. The van der Waals surface area contributed by atoms with Gasteiger partial charge in [0.15, 0.2) is 0 Å². The number of aryl methyl sites for hydroxylation is 1. The second kappa shape index (κ2) is 7.84. The van der Waals surface area contributed by atoms with Gasteiger partial charge in [0.25, 0.3) is 0 Å². The second-order valence-corrected chi connectivity index (χ2v) is 5.85. The Balaban J connectivity index is 1.79. The van der Waals surface area contributed by atoms with Crippen molar-refractivity contribution in [2.75, 3.05) is 18.5 Å². The molecule has 0 aromatic heterocycles.